The fraction of sp³-hybridized carbons (Fsp3) is 0.0667. The number of aromatic amines is 1. The third-order valence-electron chi connectivity index (χ3n) is 3.08. The molecule has 0 fully saturated rings. The second-order valence-corrected chi connectivity index (χ2v) is 5.32. The molecule has 3 nitrogen and oxygen atoms in total. The van der Waals surface area contributed by atoms with Crippen LogP contribution in [-0.2, 0) is 6.54 Å². The number of hydrogen-bond donors (Lipinski definition) is 3. The van der Waals surface area contributed by atoms with E-state index in [1.807, 2.05) is 36.5 Å². The molecule has 0 aliphatic heterocycles. The maximum atomic E-state index is 9.79. The smallest absolute Gasteiger partial charge is 0.120 e. The van der Waals surface area contributed by atoms with Gasteiger partial charge in [0, 0.05) is 39.4 Å². The molecule has 0 unspecified atom stereocenters. The molecule has 0 radical (unpaired) electrons. The molecule has 96 valence electrons. The molecule has 0 spiro atoms. The van der Waals surface area contributed by atoms with Crippen LogP contribution in [0.15, 0.2) is 53.1 Å². The van der Waals surface area contributed by atoms with Gasteiger partial charge in [0.05, 0.1) is 0 Å². The van der Waals surface area contributed by atoms with E-state index in [0.717, 1.165) is 21.2 Å². The molecule has 0 saturated heterocycles. The predicted octanol–water partition coefficient (Wildman–Crippen LogP) is 4.25. The highest BCUT2D eigenvalue weighted by molar-refractivity contribution is 9.10. The van der Waals surface area contributed by atoms with Crippen molar-refractivity contribution in [2.75, 3.05) is 5.32 Å². The number of hydrogen-bond acceptors (Lipinski definition) is 2. The third-order valence-corrected chi connectivity index (χ3v) is 3.57. The number of aromatic nitrogens is 1. The molecule has 0 atom stereocenters. The molecule has 19 heavy (non-hydrogen) atoms. The van der Waals surface area contributed by atoms with Crippen LogP contribution in [0.25, 0.3) is 10.9 Å². The van der Waals surface area contributed by atoms with Crippen molar-refractivity contribution in [2.45, 2.75) is 6.54 Å². The highest BCUT2D eigenvalue weighted by atomic mass is 79.9. The monoisotopic (exact) mass is 316 g/mol. The maximum absolute atomic E-state index is 9.79. The molecular formula is C15H13BrN2O. The summed E-state index contributed by atoms with van der Waals surface area (Å²) < 4.78 is 0.961. The van der Waals surface area contributed by atoms with Crippen molar-refractivity contribution in [3.8, 4) is 5.75 Å². The normalized spacial score (nSPS) is 10.8. The number of benzene rings is 2. The SMILES string of the molecule is Oc1ccc(Br)cc1CNc1ccc2[nH]ccc2c1. The Morgan fingerprint density at radius 2 is 2.00 bits per heavy atom. The van der Waals surface area contributed by atoms with Crippen molar-refractivity contribution >= 4 is 32.5 Å². The Morgan fingerprint density at radius 3 is 2.89 bits per heavy atom. The summed E-state index contributed by atoms with van der Waals surface area (Å²) in [5.41, 5.74) is 3.02. The van der Waals surface area contributed by atoms with Crippen LogP contribution in [0.2, 0.25) is 0 Å². The topological polar surface area (TPSA) is 48.0 Å². The molecule has 1 aromatic heterocycles. The fourth-order valence-corrected chi connectivity index (χ4v) is 2.46. The zero-order valence-electron chi connectivity index (χ0n) is 10.2. The quantitative estimate of drug-likeness (QED) is 0.676. The van der Waals surface area contributed by atoms with Crippen LogP contribution < -0.4 is 5.32 Å². The van der Waals surface area contributed by atoms with Gasteiger partial charge in [0.15, 0.2) is 0 Å². The van der Waals surface area contributed by atoms with E-state index in [9.17, 15) is 5.11 Å². The lowest BCUT2D eigenvalue weighted by atomic mass is 10.2. The molecule has 0 aliphatic carbocycles. The average molecular weight is 317 g/mol. The van der Waals surface area contributed by atoms with Crippen LogP contribution in [0.3, 0.4) is 0 Å². The highest BCUT2D eigenvalue weighted by Crippen LogP contribution is 2.24. The summed E-state index contributed by atoms with van der Waals surface area (Å²) in [5.74, 6) is 0.304. The Bertz CT molecular complexity index is 721. The van der Waals surface area contributed by atoms with E-state index >= 15 is 0 Å². The lowest BCUT2D eigenvalue weighted by Gasteiger charge is -2.09. The van der Waals surface area contributed by atoms with Crippen LogP contribution in [0.5, 0.6) is 5.75 Å². The number of halogens is 1. The first kappa shape index (κ1) is 12.1. The molecule has 0 bridgehead atoms. The molecule has 1 heterocycles. The summed E-state index contributed by atoms with van der Waals surface area (Å²) in [5, 5.41) is 14.3. The first-order valence-corrected chi connectivity index (χ1v) is 6.80. The van der Waals surface area contributed by atoms with E-state index in [1.54, 1.807) is 6.07 Å². The van der Waals surface area contributed by atoms with Gasteiger partial charge >= 0.3 is 0 Å². The van der Waals surface area contributed by atoms with Gasteiger partial charge in [-0.25, -0.2) is 0 Å². The molecule has 3 rings (SSSR count). The first-order valence-electron chi connectivity index (χ1n) is 6.01. The molecule has 3 aromatic rings. The van der Waals surface area contributed by atoms with Crippen molar-refractivity contribution in [1.29, 1.82) is 0 Å². The van der Waals surface area contributed by atoms with Crippen LogP contribution in [0.4, 0.5) is 5.69 Å². The minimum Gasteiger partial charge on any atom is -0.508 e. The number of phenols is 1. The lowest BCUT2D eigenvalue weighted by molar-refractivity contribution is 0.469. The van der Waals surface area contributed by atoms with Crippen molar-refractivity contribution in [1.82, 2.24) is 4.98 Å². The molecule has 0 saturated carbocycles. The fourth-order valence-electron chi connectivity index (χ4n) is 2.06. The standard InChI is InChI=1S/C15H13BrN2O/c16-12-1-4-15(19)11(7-12)9-18-13-2-3-14-10(8-13)5-6-17-14/h1-8,17-19H,9H2. The van der Waals surface area contributed by atoms with E-state index in [0.29, 0.717) is 12.3 Å². The molecule has 0 amide bonds. The number of fused-ring (bicyclic) bond motifs is 1. The number of anilines is 1. The Kier molecular flexibility index (Phi) is 3.17. The van der Waals surface area contributed by atoms with Crippen LogP contribution in [-0.4, -0.2) is 10.1 Å². The van der Waals surface area contributed by atoms with Gasteiger partial charge in [-0.1, -0.05) is 15.9 Å². The van der Waals surface area contributed by atoms with Crippen LogP contribution in [0, 0.1) is 0 Å². The number of phenolic OH excluding ortho intramolecular Hbond substituents is 1. The third kappa shape index (κ3) is 2.58. The van der Waals surface area contributed by atoms with Gasteiger partial charge in [0.1, 0.15) is 5.75 Å². The maximum Gasteiger partial charge on any atom is 0.120 e. The molecular weight excluding hydrogens is 304 g/mol. The van der Waals surface area contributed by atoms with Gasteiger partial charge in [-0.15, -0.1) is 0 Å². The van der Waals surface area contributed by atoms with Crippen molar-refractivity contribution in [3.63, 3.8) is 0 Å². The zero-order chi connectivity index (χ0) is 13.2. The molecule has 0 aliphatic rings. The number of aromatic hydroxyl groups is 1. The van der Waals surface area contributed by atoms with E-state index in [1.165, 1.54) is 5.39 Å². The summed E-state index contributed by atoms with van der Waals surface area (Å²) in [4.78, 5) is 3.16. The second kappa shape index (κ2) is 4.97. The summed E-state index contributed by atoms with van der Waals surface area (Å²) >= 11 is 3.41. The molecule has 4 heteroatoms. The van der Waals surface area contributed by atoms with Crippen molar-refractivity contribution in [3.05, 3.63) is 58.7 Å². The predicted molar refractivity (Wildman–Crippen MR) is 81.4 cm³/mol. The number of rotatable bonds is 3. The van der Waals surface area contributed by atoms with Gasteiger partial charge in [0.2, 0.25) is 0 Å². The van der Waals surface area contributed by atoms with Crippen LogP contribution in [0.1, 0.15) is 5.56 Å². The van der Waals surface area contributed by atoms with Crippen molar-refractivity contribution < 1.29 is 5.11 Å². The average Bonchev–Trinajstić information content (AvgIpc) is 2.87. The Labute approximate surface area is 119 Å². The minimum atomic E-state index is 0.304. The van der Waals surface area contributed by atoms with Crippen molar-refractivity contribution in [2.24, 2.45) is 0 Å². The Balaban J connectivity index is 1.79. The van der Waals surface area contributed by atoms with E-state index in [-0.39, 0.29) is 0 Å². The van der Waals surface area contributed by atoms with Gasteiger partial charge in [-0.3, -0.25) is 0 Å². The largest absolute Gasteiger partial charge is 0.508 e. The van der Waals surface area contributed by atoms with E-state index in [4.69, 9.17) is 0 Å². The lowest BCUT2D eigenvalue weighted by Crippen LogP contribution is -1.99. The Hall–Kier alpha value is -1.94. The summed E-state index contributed by atoms with van der Waals surface area (Å²) in [7, 11) is 0. The van der Waals surface area contributed by atoms with Gasteiger partial charge in [0.25, 0.3) is 0 Å². The zero-order valence-corrected chi connectivity index (χ0v) is 11.7. The van der Waals surface area contributed by atoms with Crippen LogP contribution >= 0.6 is 15.9 Å². The summed E-state index contributed by atoms with van der Waals surface area (Å²) in [6.07, 6.45) is 1.93. The van der Waals surface area contributed by atoms with Gasteiger partial charge in [-0.05, 0) is 42.5 Å². The molecule has 2 aromatic carbocycles. The summed E-state index contributed by atoms with van der Waals surface area (Å²) in [6, 6.07) is 13.6. The second-order valence-electron chi connectivity index (χ2n) is 4.41. The molecule has 3 N–H and O–H groups in total. The number of nitrogens with one attached hydrogen (secondary N) is 2. The highest BCUT2D eigenvalue weighted by Gasteiger charge is 2.02. The number of H-pyrrole nitrogens is 1. The summed E-state index contributed by atoms with van der Waals surface area (Å²) in [6.45, 7) is 0.585. The Morgan fingerprint density at radius 1 is 1.11 bits per heavy atom. The van der Waals surface area contributed by atoms with Gasteiger partial charge in [-0.2, -0.15) is 0 Å². The minimum absolute atomic E-state index is 0.304. The first-order chi connectivity index (χ1) is 9.22. The van der Waals surface area contributed by atoms with Gasteiger partial charge < -0.3 is 15.4 Å². The van der Waals surface area contributed by atoms with E-state index < -0.39 is 0 Å². The van der Waals surface area contributed by atoms with E-state index in [2.05, 4.69) is 32.3 Å².